The number of aryl methyl sites for hydroxylation is 1. The van der Waals surface area contributed by atoms with E-state index in [4.69, 9.17) is 5.73 Å². The van der Waals surface area contributed by atoms with Gasteiger partial charge in [-0.05, 0) is 30.7 Å². The minimum Gasteiger partial charge on any atom is -0.326 e. The third kappa shape index (κ3) is 2.77. The summed E-state index contributed by atoms with van der Waals surface area (Å²) in [6.07, 6.45) is 3.80. The minimum absolute atomic E-state index is 0.523. The van der Waals surface area contributed by atoms with E-state index in [1.54, 1.807) is 0 Å². The summed E-state index contributed by atoms with van der Waals surface area (Å²) in [5, 5.41) is 0. The normalized spacial score (nSPS) is 10.8. The van der Waals surface area contributed by atoms with Crippen molar-refractivity contribution in [3.63, 3.8) is 0 Å². The zero-order chi connectivity index (χ0) is 14.8. The predicted molar refractivity (Wildman–Crippen MR) is 89.3 cm³/mol. The fourth-order valence-electron chi connectivity index (χ4n) is 2.36. The molecular formula is C17H16BrN3. The van der Waals surface area contributed by atoms with E-state index in [2.05, 4.69) is 68.8 Å². The number of nitrogens with two attached hydrogens (primary N) is 1. The third-order valence-electron chi connectivity index (χ3n) is 3.45. The number of aromatic nitrogens is 2. The Kier molecular flexibility index (Phi) is 3.90. The molecule has 3 nitrogen and oxygen atoms in total. The van der Waals surface area contributed by atoms with Gasteiger partial charge in [0.25, 0.3) is 0 Å². The first kappa shape index (κ1) is 14.0. The van der Waals surface area contributed by atoms with Gasteiger partial charge in [0.15, 0.2) is 0 Å². The van der Waals surface area contributed by atoms with Crippen LogP contribution in [0.5, 0.6) is 0 Å². The van der Waals surface area contributed by atoms with Gasteiger partial charge in [0.05, 0.1) is 0 Å². The number of hydrogen-bond donors (Lipinski definition) is 1. The summed E-state index contributed by atoms with van der Waals surface area (Å²) in [4.78, 5) is 4.50. The molecule has 0 saturated heterocycles. The van der Waals surface area contributed by atoms with Crippen molar-refractivity contribution in [3.05, 3.63) is 70.5 Å². The summed E-state index contributed by atoms with van der Waals surface area (Å²) < 4.78 is 3.10. The molecule has 0 fully saturated rings. The average molecular weight is 342 g/mol. The third-order valence-corrected chi connectivity index (χ3v) is 4.19. The number of nitrogens with zero attached hydrogens (tertiary/aromatic N) is 2. The summed E-state index contributed by atoms with van der Waals surface area (Å²) in [5.41, 5.74) is 10.2. The van der Waals surface area contributed by atoms with Crippen molar-refractivity contribution in [1.29, 1.82) is 0 Å². The van der Waals surface area contributed by atoms with E-state index in [1.165, 1.54) is 5.56 Å². The molecule has 0 atom stereocenters. The number of imidazole rings is 1. The van der Waals surface area contributed by atoms with Gasteiger partial charge in [0.2, 0.25) is 0 Å². The van der Waals surface area contributed by atoms with Gasteiger partial charge in [-0.1, -0.05) is 45.8 Å². The summed E-state index contributed by atoms with van der Waals surface area (Å²) in [6.45, 7) is 2.61. The Balaban J connectivity index is 2.09. The molecule has 0 amide bonds. The van der Waals surface area contributed by atoms with Crippen LogP contribution in [0.15, 0.2) is 59.3 Å². The van der Waals surface area contributed by atoms with E-state index in [0.717, 1.165) is 27.1 Å². The lowest BCUT2D eigenvalue weighted by Gasteiger charge is -2.10. The summed E-state index contributed by atoms with van der Waals surface area (Å²) in [6, 6.07) is 14.5. The second-order valence-corrected chi connectivity index (χ2v) is 5.82. The molecule has 0 aliphatic heterocycles. The number of halogens is 1. The molecule has 0 aliphatic rings. The summed E-state index contributed by atoms with van der Waals surface area (Å²) in [5.74, 6) is 0.936. The van der Waals surface area contributed by atoms with E-state index in [0.29, 0.717) is 6.54 Å². The van der Waals surface area contributed by atoms with E-state index in [-0.39, 0.29) is 0 Å². The molecule has 2 N–H and O–H groups in total. The molecule has 3 rings (SSSR count). The fourth-order valence-corrected chi connectivity index (χ4v) is 2.89. The lowest BCUT2D eigenvalue weighted by atomic mass is 10.1. The highest BCUT2D eigenvalue weighted by molar-refractivity contribution is 9.10. The van der Waals surface area contributed by atoms with Crippen LogP contribution >= 0.6 is 15.9 Å². The Hall–Kier alpha value is -1.91. The van der Waals surface area contributed by atoms with E-state index >= 15 is 0 Å². The van der Waals surface area contributed by atoms with Crippen LogP contribution in [0.25, 0.3) is 17.1 Å². The molecule has 4 heteroatoms. The molecule has 0 aliphatic carbocycles. The first-order chi connectivity index (χ1) is 10.2. The van der Waals surface area contributed by atoms with Gasteiger partial charge in [-0.25, -0.2) is 4.98 Å². The van der Waals surface area contributed by atoms with Gasteiger partial charge in [-0.3, -0.25) is 4.57 Å². The molecule has 0 radical (unpaired) electrons. The zero-order valence-corrected chi connectivity index (χ0v) is 13.3. The fraction of sp³-hybridized carbons (Fsp3) is 0.118. The van der Waals surface area contributed by atoms with E-state index in [1.807, 2.05) is 18.5 Å². The molecule has 0 saturated carbocycles. The number of hydrogen-bond acceptors (Lipinski definition) is 2. The van der Waals surface area contributed by atoms with Crippen LogP contribution < -0.4 is 5.73 Å². The highest BCUT2D eigenvalue weighted by Crippen LogP contribution is 2.25. The van der Waals surface area contributed by atoms with Crippen LogP contribution in [0.3, 0.4) is 0 Å². The van der Waals surface area contributed by atoms with Gasteiger partial charge in [-0.2, -0.15) is 0 Å². The Morgan fingerprint density at radius 3 is 2.76 bits per heavy atom. The Bertz CT molecular complexity index is 777. The van der Waals surface area contributed by atoms with Crippen molar-refractivity contribution in [2.75, 3.05) is 0 Å². The molecule has 1 aromatic heterocycles. The van der Waals surface area contributed by atoms with Crippen molar-refractivity contribution in [3.8, 4) is 17.1 Å². The maximum absolute atomic E-state index is 5.71. The maximum Gasteiger partial charge on any atom is 0.144 e. The van der Waals surface area contributed by atoms with Gasteiger partial charge in [0, 0.05) is 34.7 Å². The largest absolute Gasteiger partial charge is 0.326 e. The van der Waals surface area contributed by atoms with E-state index < -0.39 is 0 Å². The lowest BCUT2D eigenvalue weighted by Crippen LogP contribution is -2.00. The van der Waals surface area contributed by atoms with Crippen LogP contribution in [0.2, 0.25) is 0 Å². The highest BCUT2D eigenvalue weighted by Gasteiger charge is 2.09. The van der Waals surface area contributed by atoms with Crippen molar-refractivity contribution in [2.45, 2.75) is 13.5 Å². The molecule has 0 spiro atoms. The molecule has 106 valence electrons. The number of benzene rings is 2. The van der Waals surface area contributed by atoms with Gasteiger partial charge >= 0.3 is 0 Å². The van der Waals surface area contributed by atoms with Crippen molar-refractivity contribution < 1.29 is 0 Å². The molecule has 0 bridgehead atoms. The Morgan fingerprint density at radius 2 is 2.05 bits per heavy atom. The van der Waals surface area contributed by atoms with Crippen molar-refractivity contribution >= 4 is 15.9 Å². The summed E-state index contributed by atoms with van der Waals surface area (Å²) in [7, 11) is 0. The smallest absolute Gasteiger partial charge is 0.144 e. The highest BCUT2D eigenvalue weighted by atomic mass is 79.9. The standard InChI is InChI=1S/C17H16BrN3/c1-12-3-2-4-13(9-12)17-20-7-8-21(17)15-6-5-14(11-19)16(18)10-15/h2-10H,11,19H2,1H3. The zero-order valence-electron chi connectivity index (χ0n) is 11.8. The molecule has 0 unspecified atom stereocenters. The first-order valence-corrected chi connectivity index (χ1v) is 7.57. The molecular weight excluding hydrogens is 326 g/mol. The quantitative estimate of drug-likeness (QED) is 0.780. The van der Waals surface area contributed by atoms with Gasteiger partial charge < -0.3 is 5.73 Å². The van der Waals surface area contributed by atoms with Crippen LogP contribution in [0, 0.1) is 6.92 Å². The minimum atomic E-state index is 0.523. The molecule has 1 heterocycles. The SMILES string of the molecule is Cc1cccc(-c2nccn2-c2ccc(CN)c(Br)c2)c1. The van der Waals surface area contributed by atoms with E-state index in [9.17, 15) is 0 Å². The molecule has 3 aromatic rings. The Labute approximate surface area is 132 Å². The average Bonchev–Trinajstić information content (AvgIpc) is 2.96. The maximum atomic E-state index is 5.71. The monoisotopic (exact) mass is 341 g/mol. The van der Waals surface area contributed by atoms with Crippen molar-refractivity contribution in [2.24, 2.45) is 5.73 Å². The second-order valence-electron chi connectivity index (χ2n) is 4.97. The first-order valence-electron chi connectivity index (χ1n) is 6.78. The van der Waals surface area contributed by atoms with Crippen LogP contribution in [0.4, 0.5) is 0 Å². The second kappa shape index (κ2) is 5.84. The lowest BCUT2D eigenvalue weighted by molar-refractivity contribution is 1.03. The predicted octanol–water partition coefficient (Wildman–Crippen LogP) is 4.07. The molecule has 2 aromatic carbocycles. The van der Waals surface area contributed by atoms with Crippen LogP contribution in [-0.2, 0) is 6.54 Å². The van der Waals surface area contributed by atoms with Crippen molar-refractivity contribution in [1.82, 2.24) is 9.55 Å². The van der Waals surface area contributed by atoms with Gasteiger partial charge in [0.1, 0.15) is 5.82 Å². The van der Waals surface area contributed by atoms with Crippen LogP contribution in [-0.4, -0.2) is 9.55 Å². The summed E-state index contributed by atoms with van der Waals surface area (Å²) >= 11 is 3.57. The topological polar surface area (TPSA) is 43.8 Å². The Morgan fingerprint density at radius 1 is 1.19 bits per heavy atom. The molecule has 21 heavy (non-hydrogen) atoms. The number of rotatable bonds is 3. The van der Waals surface area contributed by atoms with Crippen LogP contribution in [0.1, 0.15) is 11.1 Å². The van der Waals surface area contributed by atoms with Gasteiger partial charge in [-0.15, -0.1) is 0 Å².